The van der Waals surface area contributed by atoms with Gasteiger partial charge in [0.05, 0.1) is 6.61 Å². The second-order valence-electron chi connectivity index (χ2n) is 4.68. The Morgan fingerprint density at radius 2 is 1.78 bits per heavy atom. The zero-order valence-electron chi connectivity index (χ0n) is 10.5. The molecule has 0 aromatic rings. The smallest absolute Gasteiger partial charge is 0.371 e. The summed E-state index contributed by atoms with van der Waals surface area (Å²) in [6, 6.07) is 0.519. The van der Waals surface area contributed by atoms with Gasteiger partial charge in [-0.15, -0.1) is 0 Å². The summed E-state index contributed by atoms with van der Waals surface area (Å²) in [5.41, 5.74) is 0. The highest BCUT2D eigenvalue weighted by Crippen LogP contribution is 2.22. The number of halogens is 4. The van der Waals surface area contributed by atoms with Gasteiger partial charge in [0.15, 0.2) is 0 Å². The van der Waals surface area contributed by atoms with E-state index in [0.29, 0.717) is 12.6 Å². The van der Waals surface area contributed by atoms with Crippen molar-refractivity contribution in [3.63, 3.8) is 0 Å². The van der Waals surface area contributed by atoms with Gasteiger partial charge in [0.25, 0.3) is 0 Å². The van der Waals surface area contributed by atoms with Crippen LogP contribution in [0, 0.1) is 0 Å². The van der Waals surface area contributed by atoms with Crippen molar-refractivity contribution < 1.29 is 17.9 Å². The quantitative estimate of drug-likeness (QED) is 0.522. The minimum absolute atomic E-state index is 0.156. The molecule has 1 saturated carbocycles. The molecule has 0 bridgehead atoms. The SMILES string of the molecule is FC(F)(F)COCCN(CCBr)C1CCCCC1. The van der Waals surface area contributed by atoms with Gasteiger partial charge in [-0.25, -0.2) is 0 Å². The summed E-state index contributed by atoms with van der Waals surface area (Å²) in [6.45, 7) is 0.481. The second-order valence-corrected chi connectivity index (χ2v) is 5.48. The molecule has 0 aliphatic heterocycles. The average Bonchev–Trinajstić information content (AvgIpc) is 2.33. The highest BCUT2D eigenvalue weighted by Gasteiger charge is 2.27. The summed E-state index contributed by atoms with van der Waals surface area (Å²) in [4.78, 5) is 2.25. The Bertz CT molecular complexity index is 220. The van der Waals surface area contributed by atoms with E-state index in [-0.39, 0.29) is 6.61 Å². The number of alkyl halides is 4. The van der Waals surface area contributed by atoms with E-state index in [1.165, 1.54) is 19.3 Å². The highest BCUT2D eigenvalue weighted by atomic mass is 79.9. The molecular formula is C12H21BrF3NO. The number of rotatable bonds is 7. The molecule has 0 heterocycles. The summed E-state index contributed by atoms with van der Waals surface area (Å²) >= 11 is 3.39. The summed E-state index contributed by atoms with van der Waals surface area (Å²) < 4.78 is 40.5. The number of hydrogen-bond donors (Lipinski definition) is 0. The summed E-state index contributed by atoms with van der Waals surface area (Å²) in [7, 11) is 0. The third-order valence-corrected chi connectivity index (χ3v) is 3.61. The van der Waals surface area contributed by atoms with Crippen LogP contribution >= 0.6 is 15.9 Å². The first-order valence-corrected chi connectivity index (χ1v) is 7.59. The average molecular weight is 332 g/mol. The van der Waals surface area contributed by atoms with Crippen molar-refractivity contribution in [2.45, 2.75) is 44.3 Å². The van der Waals surface area contributed by atoms with Crippen LogP contribution in [0.1, 0.15) is 32.1 Å². The first-order chi connectivity index (χ1) is 8.53. The maximum absolute atomic E-state index is 11.9. The van der Waals surface area contributed by atoms with E-state index in [0.717, 1.165) is 24.7 Å². The van der Waals surface area contributed by atoms with Crippen LogP contribution in [0.15, 0.2) is 0 Å². The van der Waals surface area contributed by atoms with E-state index in [1.54, 1.807) is 0 Å². The maximum Gasteiger partial charge on any atom is 0.411 e. The first kappa shape index (κ1) is 16.2. The molecule has 0 spiro atoms. The molecule has 1 aliphatic carbocycles. The van der Waals surface area contributed by atoms with Gasteiger partial charge in [0.1, 0.15) is 6.61 Å². The van der Waals surface area contributed by atoms with Crippen LogP contribution in [-0.4, -0.2) is 48.8 Å². The molecule has 108 valence electrons. The summed E-state index contributed by atoms with van der Waals surface area (Å²) in [5, 5.41) is 0.850. The molecule has 0 N–H and O–H groups in total. The lowest BCUT2D eigenvalue weighted by Gasteiger charge is -2.33. The zero-order valence-corrected chi connectivity index (χ0v) is 12.1. The molecule has 0 amide bonds. The van der Waals surface area contributed by atoms with Crippen molar-refractivity contribution in [2.75, 3.05) is 31.6 Å². The van der Waals surface area contributed by atoms with Crippen LogP contribution in [-0.2, 0) is 4.74 Å². The lowest BCUT2D eigenvalue weighted by Crippen LogP contribution is -2.40. The van der Waals surface area contributed by atoms with E-state index in [4.69, 9.17) is 0 Å². The standard InChI is InChI=1S/C12H21BrF3NO/c13-6-7-17(11-4-2-1-3-5-11)8-9-18-10-12(14,15)16/h11H,1-10H2. The third-order valence-electron chi connectivity index (χ3n) is 3.25. The molecule has 0 saturated heterocycles. The van der Waals surface area contributed by atoms with Gasteiger partial charge >= 0.3 is 6.18 Å². The van der Waals surface area contributed by atoms with Gasteiger partial charge in [-0.3, -0.25) is 4.90 Å². The Morgan fingerprint density at radius 3 is 2.33 bits per heavy atom. The molecule has 1 aliphatic rings. The molecule has 0 atom stereocenters. The van der Waals surface area contributed by atoms with Gasteiger partial charge in [-0.05, 0) is 12.8 Å². The fourth-order valence-corrected chi connectivity index (χ4v) is 2.86. The molecule has 6 heteroatoms. The van der Waals surface area contributed by atoms with Crippen molar-refractivity contribution in [3.05, 3.63) is 0 Å². The Kier molecular flexibility index (Phi) is 7.56. The Hall–Kier alpha value is 0.190. The molecule has 18 heavy (non-hydrogen) atoms. The molecule has 0 radical (unpaired) electrons. The fourth-order valence-electron chi connectivity index (χ4n) is 2.40. The lowest BCUT2D eigenvalue weighted by atomic mass is 9.94. The predicted octanol–water partition coefficient (Wildman–Crippen LogP) is 3.59. The molecule has 1 fully saturated rings. The van der Waals surface area contributed by atoms with Crippen molar-refractivity contribution in [2.24, 2.45) is 0 Å². The highest BCUT2D eigenvalue weighted by molar-refractivity contribution is 9.09. The van der Waals surface area contributed by atoms with Gasteiger partial charge in [-0.2, -0.15) is 13.2 Å². The molecule has 0 aromatic heterocycles. The monoisotopic (exact) mass is 331 g/mol. The fraction of sp³-hybridized carbons (Fsp3) is 1.00. The van der Waals surface area contributed by atoms with Crippen LogP contribution in [0.4, 0.5) is 13.2 Å². The molecule has 1 rings (SSSR count). The van der Waals surface area contributed by atoms with Crippen molar-refractivity contribution in [1.82, 2.24) is 4.90 Å². The lowest BCUT2D eigenvalue weighted by molar-refractivity contribution is -0.174. The Morgan fingerprint density at radius 1 is 1.11 bits per heavy atom. The minimum Gasteiger partial charge on any atom is -0.371 e. The number of ether oxygens (including phenoxy) is 1. The van der Waals surface area contributed by atoms with E-state index in [9.17, 15) is 13.2 Å². The van der Waals surface area contributed by atoms with Crippen LogP contribution in [0.25, 0.3) is 0 Å². The molecule has 0 unspecified atom stereocenters. The Balaban J connectivity index is 2.24. The van der Waals surface area contributed by atoms with E-state index in [1.807, 2.05) is 0 Å². The predicted molar refractivity (Wildman–Crippen MR) is 69.1 cm³/mol. The van der Waals surface area contributed by atoms with Crippen molar-refractivity contribution in [1.29, 1.82) is 0 Å². The maximum atomic E-state index is 11.9. The molecule has 2 nitrogen and oxygen atoms in total. The van der Waals surface area contributed by atoms with Gasteiger partial charge in [0, 0.05) is 24.5 Å². The van der Waals surface area contributed by atoms with Crippen molar-refractivity contribution in [3.8, 4) is 0 Å². The third kappa shape index (κ3) is 6.95. The molecule has 0 aromatic carbocycles. The van der Waals surface area contributed by atoms with Gasteiger partial charge in [-0.1, -0.05) is 35.2 Å². The summed E-state index contributed by atoms with van der Waals surface area (Å²) in [5.74, 6) is 0. The van der Waals surface area contributed by atoms with Crippen LogP contribution in [0.2, 0.25) is 0 Å². The van der Waals surface area contributed by atoms with E-state index in [2.05, 4.69) is 25.6 Å². The Labute approximate surface area is 115 Å². The largest absolute Gasteiger partial charge is 0.411 e. The minimum atomic E-state index is -4.22. The van der Waals surface area contributed by atoms with Crippen LogP contribution < -0.4 is 0 Å². The van der Waals surface area contributed by atoms with E-state index >= 15 is 0 Å². The van der Waals surface area contributed by atoms with Crippen LogP contribution in [0.5, 0.6) is 0 Å². The van der Waals surface area contributed by atoms with Crippen molar-refractivity contribution >= 4 is 15.9 Å². The number of nitrogens with zero attached hydrogens (tertiary/aromatic N) is 1. The number of hydrogen-bond acceptors (Lipinski definition) is 2. The second kappa shape index (κ2) is 8.38. The zero-order chi connectivity index (χ0) is 13.4. The molecular weight excluding hydrogens is 311 g/mol. The van der Waals surface area contributed by atoms with Gasteiger partial charge < -0.3 is 4.74 Å². The van der Waals surface area contributed by atoms with E-state index < -0.39 is 12.8 Å². The first-order valence-electron chi connectivity index (χ1n) is 6.47. The normalized spacial score (nSPS) is 18.5. The van der Waals surface area contributed by atoms with Gasteiger partial charge in [0.2, 0.25) is 0 Å². The summed E-state index contributed by atoms with van der Waals surface area (Å²) in [6.07, 6.45) is 1.84. The van der Waals surface area contributed by atoms with Crippen LogP contribution in [0.3, 0.4) is 0 Å². The topological polar surface area (TPSA) is 12.5 Å².